The van der Waals surface area contributed by atoms with E-state index in [0.717, 1.165) is 0 Å². The van der Waals surface area contributed by atoms with Crippen molar-refractivity contribution in [3.63, 3.8) is 0 Å². The normalized spacial score (nSPS) is 19.1. The van der Waals surface area contributed by atoms with Gasteiger partial charge in [0.2, 0.25) is 11.8 Å². The van der Waals surface area contributed by atoms with Gasteiger partial charge in [-0.2, -0.15) is 0 Å². The van der Waals surface area contributed by atoms with E-state index in [1.807, 2.05) is 0 Å². The van der Waals surface area contributed by atoms with Crippen molar-refractivity contribution in [2.24, 2.45) is 0 Å². The monoisotopic (exact) mass is 266 g/mol. The summed E-state index contributed by atoms with van der Waals surface area (Å²) in [6, 6.07) is 1.12. The summed E-state index contributed by atoms with van der Waals surface area (Å²) < 4.78 is 9.73. The summed E-state index contributed by atoms with van der Waals surface area (Å²) in [5, 5.41) is 5.22. The second kappa shape index (κ2) is 5.66. The van der Waals surface area contributed by atoms with Crippen molar-refractivity contribution >= 4 is 17.8 Å². The molecule has 1 saturated heterocycles. The van der Waals surface area contributed by atoms with Crippen LogP contribution in [0.5, 0.6) is 0 Å². The molecule has 19 heavy (non-hydrogen) atoms. The number of ether oxygens (including phenoxy) is 1. The first kappa shape index (κ1) is 13.3. The van der Waals surface area contributed by atoms with Gasteiger partial charge < -0.3 is 9.15 Å². The Kier molecular flexibility index (Phi) is 3.96. The van der Waals surface area contributed by atoms with Crippen LogP contribution in [0.25, 0.3) is 0 Å². The number of amides is 2. The molecule has 0 aromatic carbocycles. The molecule has 102 valence electrons. The molecular weight excluding hydrogens is 252 g/mol. The van der Waals surface area contributed by atoms with Crippen LogP contribution in [0.15, 0.2) is 16.7 Å². The number of imide groups is 1. The first-order valence-electron chi connectivity index (χ1n) is 5.83. The molecule has 1 aromatic rings. The smallest absolute Gasteiger partial charge is 0.341 e. The quantitative estimate of drug-likeness (QED) is 0.586. The van der Waals surface area contributed by atoms with Crippen molar-refractivity contribution in [2.45, 2.75) is 25.4 Å². The van der Waals surface area contributed by atoms with Gasteiger partial charge in [0.15, 0.2) is 0 Å². The van der Waals surface area contributed by atoms with Crippen molar-refractivity contribution in [1.82, 2.24) is 10.6 Å². The van der Waals surface area contributed by atoms with Crippen LogP contribution >= 0.6 is 0 Å². The van der Waals surface area contributed by atoms with E-state index in [1.54, 1.807) is 6.07 Å². The number of esters is 1. The van der Waals surface area contributed by atoms with Crippen LogP contribution in [0.2, 0.25) is 0 Å². The number of carbonyl (C=O) groups is 3. The highest BCUT2D eigenvalue weighted by Crippen LogP contribution is 2.10. The van der Waals surface area contributed by atoms with Crippen LogP contribution in [-0.4, -0.2) is 30.9 Å². The number of carbonyl (C=O) groups excluding carboxylic acids is 3. The van der Waals surface area contributed by atoms with Gasteiger partial charge in [0.05, 0.1) is 25.3 Å². The summed E-state index contributed by atoms with van der Waals surface area (Å²) in [7, 11) is 1.29. The molecule has 2 rings (SSSR count). The Labute approximate surface area is 109 Å². The minimum Gasteiger partial charge on any atom is -0.467 e. The molecule has 0 radical (unpaired) electrons. The van der Waals surface area contributed by atoms with Crippen molar-refractivity contribution in [3.8, 4) is 0 Å². The van der Waals surface area contributed by atoms with Gasteiger partial charge in [0, 0.05) is 6.42 Å². The number of hydrogen-bond donors (Lipinski definition) is 2. The Balaban J connectivity index is 1.88. The molecule has 7 nitrogen and oxygen atoms in total. The molecule has 2 N–H and O–H groups in total. The van der Waals surface area contributed by atoms with Gasteiger partial charge in [-0.1, -0.05) is 0 Å². The Morgan fingerprint density at radius 1 is 1.58 bits per heavy atom. The summed E-state index contributed by atoms with van der Waals surface area (Å²) >= 11 is 0. The molecule has 1 aliphatic heterocycles. The van der Waals surface area contributed by atoms with Crippen LogP contribution in [0.1, 0.15) is 29.0 Å². The van der Waals surface area contributed by atoms with E-state index in [0.29, 0.717) is 30.7 Å². The maximum absolute atomic E-state index is 11.5. The third-order valence-electron chi connectivity index (χ3n) is 2.84. The fourth-order valence-electron chi connectivity index (χ4n) is 1.81. The largest absolute Gasteiger partial charge is 0.467 e. The van der Waals surface area contributed by atoms with Crippen LogP contribution in [0, 0.1) is 0 Å². The Morgan fingerprint density at radius 3 is 3.05 bits per heavy atom. The average molecular weight is 266 g/mol. The second-order valence-corrected chi connectivity index (χ2v) is 4.18. The van der Waals surface area contributed by atoms with E-state index < -0.39 is 12.0 Å². The molecule has 1 aliphatic rings. The zero-order valence-corrected chi connectivity index (χ0v) is 10.4. The topological polar surface area (TPSA) is 97.6 Å². The highest BCUT2D eigenvalue weighted by Gasteiger charge is 2.26. The minimum absolute atomic E-state index is 0.256. The van der Waals surface area contributed by atoms with E-state index in [2.05, 4.69) is 15.4 Å². The highest BCUT2D eigenvalue weighted by atomic mass is 16.5. The lowest BCUT2D eigenvalue weighted by molar-refractivity contribution is -0.134. The molecule has 7 heteroatoms. The Hall–Kier alpha value is -2.15. The Bertz CT molecular complexity index is 508. The molecule has 0 spiro atoms. The summed E-state index contributed by atoms with van der Waals surface area (Å²) in [6.07, 6.45) is 2.07. The van der Waals surface area contributed by atoms with Gasteiger partial charge in [-0.05, 0) is 12.5 Å². The second-order valence-electron chi connectivity index (χ2n) is 4.18. The molecule has 1 fully saturated rings. The van der Waals surface area contributed by atoms with E-state index in [4.69, 9.17) is 4.42 Å². The van der Waals surface area contributed by atoms with Gasteiger partial charge >= 0.3 is 5.97 Å². The van der Waals surface area contributed by atoms with Gasteiger partial charge in [-0.3, -0.25) is 20.2 Å². The number of rotatable bonds is 4. The maximum atomic E-state index is 11.5. The summed E-state index contributed by atoms with van der Waals surface area (Å²) in [5.41, 5.74) is 0.322. The number of nitrogens with one attached hydrogen (secondary N) is 2. The third-order valence-corrected chi connectivity index (χ3v) is 2.84. The van der Waals surface area contributed by atoms with Gasteiger partial charge in [0.1, 0.15) is 12.0 Å². The molecule has 1 unspecified atom stereocenters. The number of piperidine rings is 1. The van der Waals surface area contributed by atoms with Gasteiger partial charge in [-0.25, -0.2) is 4.79 Å². The van der Waals surface area contributed by atoms with Gasteiger partial charge in [0.25, 0.3) is 0 Å². The number of methoxy groups -OCH3 is 1. The molecule has 0 aliphatic carbocycles. The maximum Gasteiger partial charge on any atom is 0.341 e. The van der Waals surface area contributed by atoms with E-state index in [1.165, 1.54) is 13.4 Å². The molecular formula is C12H14N2O5. The minimum atomic E-state index is -0.476. The summed E-state index contributed by atoms with van der Waals surface area (Å²) in [5.74, 6) is -0.550. The average Bonchev–Trinajstić information content (AvgIpc) is 2.85. The number of furan rings is 1. The molecule has 1 atom stereocenters. The first-order valence-corrected chi connectivity index (χ1v) is 5.83. The van der Waals surface area contributed by atoms with Crippen LogP contribution in [0.3, 0.4) is 0 Å². The van der Waals surface area contributed by atoms with E-state index in [-0.39, 0.29) is 11.8 Å². The van der Waals surface area contributed by atoms with Crippen molar-refractivity contribution < 1.29 is 23.5 Å². The van der Waals surface area contributed by atoms with Crippen molar-refractivity contribution in [2.75, 3.05) is 7.11 Å². The molecule has 0 bridgehead atoms. The predicted molar refractivity (Wildman–Crippen MR) is 63.1 cm³/mol. The fraction of sp³-hybridized carbons (Fsp3) is 0.417. The summed E-state index contributed by atoms with van der Waals surface area (Å²) in [6.45, 7) is 0.295. The van der Waals surface area contributed by atoms with E-state index in [9.17, 15) is 14.4 Å². The lowest BCUT2D eigenvalue weighted by Gasteiger charge is -2.21. The SMILES string of the molecule is COC(=O)c1coc(CNC2CCC(=O)NC2=O)c1. The first-order chi connectivity index (χ1) is 9.10. The van der Waals surface area contributed by atoms with Gasteiger partial charge in [-0.15, -0.1) is 0 Å². The Morgan fingerprint density at radius 2 is 2.37 bits per heavy atom. The standard InChI is InChI=1S/C12H14N2O5/c1-18-12(17)7-4-8(19-6-7)5-13-9-2-3-10(15)14-11(9)16/h4,6,9,13H,2-3,5H2,1H3,(H,14,15,16). The predicted octanol–water partition coefficient (Wildman–Crippen LogP) is -0.0390. The summed E-state index contributed by atoms with van der Waals surface area (Å²) in [4.78, 5) is 33.7. The highest BCUT2D eigenvalue weighted by molar-refractivity contribution is 6.00. The lowest BCUT2D eigenvalue weighted by Crippen LogP contribution is -2.50. The third kappa shape index (κ3) is 3.19. The molecule has 2 heterocycles. The number of hydrogen-bond acceptors (Lipinski definition) is 6. The van der Waals surface area contributed by atoms with Crippen LogP contribution < -0.4 is 10.6 Å². The zero-order valence-electron chi connectivity index (χ0n) is 10.4. The van der Waals surface area contributed by atoms with Crippen molar-refractivity contribution in [3.05, 3.63) is 23.7 Å². The fourth-order valence-corrected chi connectivity index (χ4v) is 1.81. The van der Waals surface area contributed by atoms with Crippen molar-refractivity contribution in [1.29, 1.82) is 0 Å². The lowest BCUT2D eigenvalue weighted by atomic mass is 10.1. The van der Waals surface area contributed by atoms with Crippen LogP contribution in [-0.2, 0) is 20.9 Å². The molecule has 0 saturated carbocycles. The van der Waals surface area contributed by atoms with E-state index >= 15 is 0 Å². The zero-order chi connectivity index (χ0) is 13.8. The van der Waals surface area contributed by atoms with Crippen LogP contribution in [0.4, 0.5) is 0 Å². The molecule has 1 aromatic heterocycles. The molecule has 2 amide bonds.